The normalized spacial score (nSPS) is 21.1. The second kappa shape index (κ2) is 4.79. The number of hydrogen-bond donors (Lipinski definition) is 1. The second-order valence-electron chi connectivity index (χ2n) is 6.31. The van der Waals surface area contributed by atoms with E-state index in [0.717, 1.165) is 29.7 Å². The van der Waals surface area contributed by atoms with Gasteiger partial charge in [0.25, 0.3) is 0 Å². The fourth-order valence-corrected chi connectivity index (χ4v) is 2.97. The molecule has 2 heterocycles. The van der Waals surface area contributed by atoms with Gasteiger partial charge in [0.15, 0.2) is 11.4 Å². The first-order valence-electron chi connectivity index (χ1n) is 7.44. The summed E-state index contributed by atoms with van der Waals surface area (Å²) in [7, 11) is 0. The Morgan fingerprint density at radius 3 is 2.76 bits per heavy atom. The van der Waals surface area contributed by atoms with Crippen LogP contribution in [0, 0.1) is 6.92 Å². The number of aliphatic hydroxyl groups excluding tert-OH is 1. The molecule has 1 amide bonds. The fourth-order valence-electron chi connectivity index (χ4n) is 2.97. The number of likely N-dealkylation sites (tertiary alicyclic amines) is 1. The molecule has 1 saturated heterocycles. The fraction of sp³-hybridized carbons (Fsp3) is 0.471. The van der Waals surface area contributed by atoms with E-state index in [9.17, 15) is 9.90 Å². The maximum absolute atomic E-state index is 12.3. The predicted molar refractivity (Wildman–Crippen MR) is 81.0 cm³/mol. The van der Waals surface area contributed by atoms with Gasteiger partial charge in [-0.25, -0.2) is 0 Å². The molecular weight excluding hydrogens is 266 g/mol. The third kappa shape index (κ3) is 2.28. The average molecular weight is 287 g/mol. The van der Waals surface area contributed by atoms with Crippen LogP contribution in [0.3, 0.4) is 0 Å². The first-order chi connectivity index (χ1) is 9.90. The first-order valence-corrected chi connectivity index (χ1v) is 7.44. The molecule has 0 atom stereocenters. The molecule has 4 heteroatoms. The summed E-state index contributed by atoms with van der Waals surface area (Å²) in [4.78, 5) is 14.0. The van der Waals surface area contributed by atoms with Gasteiger partial charge >= 0.3 is 0 Å². The van der Waals surface area contributed by atoms with Crippen molar-refractivity contribution < 1.29 is 14.6 Å². The topological polar surface area (TPSA) is 49.8 Å². The van der Waals surface area contributed by atoms with Crippen LogP contribution in [0.15, 0.2) is 24.0 Å². The van der Waals surface area contributed by atoms with E-state index in [-0.39, 0.29) is 11.7 Å². The van der Waals surface area contributed by atoms with Gasteiger partial charge in [-0.1, -0.05) is 11.6 Å². The van der Waals surface area contributed by atoms with E-state index in [0.29, 0.717) is 18.7 Å². The van der Waals surface area contributed by atoms with Gasteiger partial charge < -0.3 is 14.7 Å². The molecule has 1 aromatic rings. The minimum absolute atomic E-state index is 0.0768. The zero-order valence-corrected chi connectivity index (χ0v) is 12.8. The highest BCUT2D eigenvalue weighted by atomic mass is 16.5. The quantitative estimate of drug-likeness (QED) is 0.861. The van der Waals surface area contributed by atoms with Gasteiger partial charge in [0.05, 0.1) is 5.70 Å². The van der Waals surface area contributed by atoms with Crippen LogP contribution in [0.2, 0.25) is 0 Å². The van der Waals surface area contributed by atoms with Gasteiger partial charge in [0, 0.05) is 18.5 Å². The second-order valence-corrected chi connectivity index (χ2v) is 6.31. The van der Waals surface area contributed by atoms with E-state index >= 15 is 0 Å². The largest absolute Gasteiger partial charge is 0.506 e. The van der Waals surface area contributed by atoms with Gasteiger partial charge in [-0.15, -0.1) is 0 Å². The van der Waals surface area contributed by atoms with Crippen molar-refractivity contribution in [1.29, 1.82) is 0 Å². The summed E-state index contributed by atoms with van der Waals surface area (Å²) in [5.74, 6) is 0.931. The smallest absolute Gasteiger partial charge is 0.227 e. The highest BCUT2D eigenvalue weighted by molar-refractivity contribution is 5.90. The highest BCUT2D eigenvalue weighted by Gasteiger charge is 2.39. The zero-order valence-electron chi connectivity index (χ0n) is 12.8. The summed E-state index contributed by atoms with van der Waals surface area (Å²) >= 11 is 0. The molecule has 4 nitrogen and oxygen atoms in total. The molecule has 0 aromatic heterocycles. The summed E-state index contributed by atoms with van der Waals surface area (Å²) in [6, 6.07) is 5.86. The number of aryl methyl sites for hydroxylation is 1. The number of benzene rings is 1. The predicted octanol–water partition coefficient (Wildman–Crippen LogP) is 3.41. The molecule has 3 rings (SSSR count). The van der Waals surface area contributed by atoms with Crippen LogP contribution >= 0.6 is 0 Å². The van der Waals surface area contributed by atoms with Crippen LogP contribution in [0.4, 0.5) is 0 Å². The molecule has 0 bridgehead atoms. The van der Waals surface area contributed by atoms with E-state index in [1.165, 1.54) is 0 Å². The molecule has 0 radical (unpaired) electrons. The van der Waals surface area contributed by atoms with Gasteiger partial charge in [-0.05, 0) is 45.7 Å². The van der Waals surface area contributed by atoms with Crippen molar-refractivity contribution in [3.05, 3.63) is 35.1 Å². The SMILES string of the molecule is Cc1ccc2c(c1)C(N1CCCCC1=O)=C(O)C(C)(C)O2. The van der Waals surface area contributed by atoms with Gasteiger partial charge in [-0.3, -0.25) is 4.79 Å². The number of rotatable bonds is 1. The minimum atomic E-state index is -0.824. The van der Waals surface area contributed by atoms with Crippen LogP contribution in [-0.2, 0) is 4.79 Å². The lowest BCUT2D eigenvalue weighted by molar-refractivity contribution is -0.129. The molecule has 1 N–H and O–H groups in total. The molecule has 2 aliphatic rings. The highest BCUT2D eigenvalue weighted by Crippen LogP contribution is 2.42. The van der Waals surface area contributed by atoms with Crippen molar-refractivity contribution in [3.8, 4) is 5.75 Å². The Morgan fingerprint density at radius 1 is 1.29 bits per heavy atom. The Labute approximate surface area is 125 Å². The number of aliphatic hydroxyl groups is 1. The molecular formula is C17H21NO3. The molecule has 0 aliphatic carbocycles. The number of amides is 1. The third-order valence-electron chi connectivity index (χ3n) is 4.14. The molecule has 2 aliphatic heterocycles. The zero-order chi connectivity index (χ0) is 15.2. The van der Waals surface area contributed by atoms with E-state index in [2.05, 4.69) is 0 Å². The molecule has 21 heavy (non-hydrogen) atoms. The number of ether oxygens (including phenoxy) is 1. The summed E-state index contributed by atoms with van der Waals surface area (Å²) in [6.07, 6.45) is 2.42. The number of nitrogens with zero attached hydrogens (tertiary/aromatic N) is 1. The Kier molecular flexibility index (Phi) is 3.19. The van der Waals surface area contributed by atoms with Gasteiger partial charge in [0.2, 0.25) is 5.91 Å². The van der Waals surface area contributed by atoms with Crippen LogP contribution in [-0.4, -0.2) is 28.1 Å². The third-order valence-corrected chi connectivity index (χ3v) is 4.14. The van der Waals surface area contributed by atoms with Crippen LogP contribution in [0.1, 0.15) is 44.2 Å². The maximum Gasteiger partial charge on any atom is 0.227 e. The van der Waals surface area contributed by atoms with Crippen molar-refractivity contribution in [1.82, 2.24) is 4.90 Å². The molecule has 1 aromatic carbocycles. The summed E-state index contributed by atoms with van der Waals surface area (Å²) < 4.78 is 5.90. The van der Waals surface area contributed by atoms with E-state index in [1.807, 2.05) is 39.0 Å². The van der Waals surface area contributed by atoms with Gasteiger partial charge in [-0.2, -0.15) is 0 Å². The number of carbonyl (C=O) groups excluding carboxylic acids is 1. The maximum atomic E-state index is 12.3. The molecule has 0 spiro atoms. The van der Waals surface area contributed by atoms with Crippen molar-refractivity contribution in [3.63, 3.8) is 0 Å². The van der Waals surface area contributed by atoms with Crippen molar-refractivity contribution in [2.45, 2.75) is 45.6 Å². The first kappa shape index (κ1) is 14.0. The van der Waals surface area contributed by atoms with Gasteiger partial charge in [0.1, 0.15) is 5.75 Å². The molecule has 112 valence electrons. The van der Waals surface area contributed by atoms with Crippen molar-refractivity contribution in [2.24, 2.45) is 0 Å². The monoisotopic (exact) mass is 287 g/mol. The lowest BCUT2D eigenvalue weighted by Crippen LogP contribution is -2.41. The lowest BCUT2D eigenvalue weighted by Gasteiger charge is -2.38. The molecule has 0 saturated carbocycles. The Balaban J connectivity index is 2.18. The van der Waals surface area contributed by atoms with E-state index in [4.69, 9.17) is 4.74 Å². The Hall–Kier alpha value is -1.97. The lowest BCUT2D eigenvalue weighted by atomic mass is 9.93. The minimum Gasteiger partial charge on any atom is -0.506 e. The number of piperidine rings is 1. The Morgan fingerprint density at radius 2 is 2.05 bits per heavy atom. The summed E-state index contributed by atoms with van der Waals surface area (Å²) in [5, 5.41) is 10.7. The summed E-state index contributed by atoms with van der Waals surface area (Å²) in [6.45, 7) is 6.29. The van der Waals surface area contributed by atoms with Crippen LogP contribution < -0.4 is 4.74 Å². The number of carbonyl (C=O) groups is 1. The summed E-state index contributed by atoms with van der Waals surface area (Å²) in [5.41, 5.74) is 1.68. The van der Waals surface area contributed by atoms with Crippen molar-refractivity contribution >= 4 is 11.6 Å². The standard InChI is InChI=1S/C17H21NO3/c1-11-7-8-13-12(10-11)15(16(20)17(2,3)21-13)18-9-5-4-6-14(18)19/h7-8,10,20H,4-6,9H2,1-3H3. The molecule has 1 fully saturated rings. The number of fused-ring (bicyclic) bond motifs is 1. The van der Waals surface area contributed by atoms with E-state index in [1.54, 1.807) is 4.90 Å². The van der Waals surface area contributed by atoms with Crippen LogP contribution in [0.25, 0.3) is 5.70 Å². The number of hydrogen-bond acceptors (Lipinski definition) is 3. The van der Waals surface area contributed by atoms with Crippen LogP contribution in [0.5, 0.6) is 5.75 Å². The molecule has 0 unspecified atom stereocenters. The average Bonchev–Trinajstić information content (AvgIpc) is 2.42. The van der Waals surface area contributed by atoms with E-state index < -0.39 is 5.60 Å². The van der Waals surface area contributed by atoms with Crippen molar-refractivity contribution in [2.75, 3.05) is 6.54 Å². The Bertz CT molecular complexity index is 631.